The average molecular weight is 748 g/mol. The number of halogens is 1. The number of anilines is 1. The Kier molecular flexibility index (Phi) is 12.5. The highest BCUT2D eigenvalue weighted by Crippen LogP contribution is 2.31. The van der Waals surface area contributed by atoms with Crippen LogP contribution in [0.15, 0.2) is 97.1 Å². The number of hydrogen-bond acceptors (Lipinski definition) is 6. The maximum atomic E-state index is 14.7. The van der Waals surface area contributed by atoms with E-state index >= 15 is 0 Å². The monoisotopic (exact) mass is 747 g/mol. The highest BCUT2D eigenvalue weighted by molar-refractivity contribution is 6.32. The van der Waals surface area contributed by atoms with Crippen LogP contribution in [0.3, 0.4) is 0 Å². The summed E-state index contributed by atoms with van der Waals surface area (Å²) in [5, 5.41) is 18.6. The highest BCUT2D eigenvalue weighted by atomic mass is 35.5. The number of ether oxygens (including phenoxy) is 1. The minimum absolute atomic E-state index is 0.147. The van der Waals surface area contributed by atoms with Gasteiger partial charge in [0.2, 0.25) is 0 Å². The van der Waals surface area contributed by atoms with E-state index in [4.69, 9.17) is 21.4 Å². The third kappa shape index (κ3) is 8.67. The lowest BCUT2D eigenvalue weighted by Crippen LogP contribution is -2.46. The van der Waals surface area contributed by atoms with Gasteiger partial charge in [0.05, 0.1) is 28.9 Å². The lowest BCUT2D eigenvalue weighted by atomic mass is 9.93. The summed E-state index contributed by atoms with van der Waals surface area (Å²) in [5.74, 6) is 0.166. The van der Waals surface area contributed by atoms with E-state index in [1.54, 1.807) is 70.2 Å². The second-order valence-corrected chi connectivity index (χ2v) is 14.0. The van der Waals surface area contributed by atoms with E-state index in [2.05, 4.69) is 19.2 Å². The van der Waals surface area contributed by atoms with Crippen LogP contribution in [-0.2, 0) is 13.0 Å². The van der Waals surface area contributed by atoms with E-state index in [9.17, 15) is 19.5 Å². The predicted molar refractivity (Wildman–Crippen MR) is 211 cm³/mol. The van der Waals surface area contributed by atoms with Gasteiger partial charge in [-0.3, -0.25) is 14.4 Å². The molecule has 0 radical (unpaired) electrons. The molecule has 280 valence electrons. The van der Waals surface area contributed by atoms with Gasteiger partial charge in [-0.25, -0.2) is 4.68 Å². The van der Waals surface area contributed by atoms with Crippen molar-refractivity contribution in [1.82, 2.24) is 19.6 Å². The molecule has 0 fully saturated rings. The van der Waals surface area contributed by atoms with E-state index in [0.717, 1.165) is 36.8 Å². The number of unbranched alkanes of at least 4 members (excludes halogenated alkanes) is 2. The number of para-hydroxylation sites is 1. The summed E-state index contributed by atoms with van der Waals surface area (Å²) in [5.41, 5.74) is 4.58. The number of aliphatic hydroxyl groups excluding tert-OH is 1. The van der Waals surface area contributed by atoms with Gasteiger partial charge in [-0.15, -0.1) is 0 Å². The second kappa shape index (κ2) is 17.6. The fourth-order valence-electron chi connectivity index (χ4n) is 6.64. The summed E-state index contributed by atoms with van der Waals surface area (Å²) in [4.78, 5) is 45.4. The van der Waals surface area contributed by atoms with Crippen LogP contribution >= 0.6 is 11.6 Å². The molecule has 2 heterocycles. The van der Waals surface area contributed by atoms with Crippen LogP contribution in [0.5, 0.6) is 11.5 Å². The Labute approximate surface area is 321 Å². The van der Waals surface area contributed by atoms with Gasteiger partial charge in [0.1, 0.15) is 11.5 Å². The number of nitrogens with one attached hydrogen (secondary N) is 1. The minimum Gasteiger partial charge on any atom is -0.456 e. The quantitative estimate of drug-likeness (QED) is 0.118. The number of hydrogen-bond donors (Lipinski definition) is 2. The molecule has 3 amide bonds. The topological polar surface area (TPSA) is 117 Å². The molecule has 6 rings (SSSR count). The molecule has 0 saturated heterocycles. The van der Waals surface area contributed by atoms with Gasteiger partial charge in [0.15, 0.2) is 5.69 Å². The number of aliphatic hydroxyl groups is 1. The van der Waals surface area contributed by atoms with E-state index in [1.807, 2.05) is 48.2 Å². The Morgan fingerprint density at radius 2 is 1.59 bits per heavy atom. The van der Waals surface area contributed by atoms with Crippen molar-refractivity contribution in [3.8, 4) is 17.2 Å². The molecule has 0 spiro atoms. The van der Waals surface area contributed by atoms with Crippen molar-refractivity contribution in [2.45, 2.75) is 65.5 Å². The Morgan fingerprint density at radius 3 is 2.28 bits per heavy atom. The van der Waals surface area contributed by atoms with Crippen molar-refractivity contribution in [3.05, 3.63) is 136 Å². The van der Waals surface area contributed by atoms with Crippen LogP contribution < -0.4 is 10.1 Å². The summed E-state index contributed by atoms with van der Waals surface area (Å²) in [6, 6.07) is 28.1. The zero-order valence-electron chi connectivity index (χ0n) is 30.9. The maximum absolute atomic E-state index is 14.7. The molecule has 1 atom stereocenters. The summed E-state index contributed by atoms with van der Waals surface area (Å²) in [6.45, 7) is 7.44. The molecule has 1 aliphatic rings. The third-order valence-electron chi connectivity index (χ3n) is 9.68. The molecule has 0 unspecified atom stereocenters. The Bertz CT molecular complexity index is 2110. The molecule has 4 aromatic carbocycles. The summed E-state index contributed by atoms with van der Waals surface area (Å²) >= 11 is 6.24. The van der Waals surface area contributed by atoms with Crippen LogP contribution in [0, 0.1) is 6.92 Å². The number of fused-ring (bicyclic) bond motifs is 1. The highest BCUT2D eigenvalue weighted by Gasteiger charge is 2.32. The summed E-state index contributed by atoms with van der Waals surface area (Å²) < 4.78 is 7.49. The Balaban J connectivity index is 1.32. The predicted octanol–water partition coefficient (Wildman–Crippen LogP) is 8.48. The Hall–Kier alpha value is -5.45. The van der Waals surface area contributed by atoms with Crippen LogP contribution in [0.25, 0.3) is 5.69 Å². The van der Waals surface area contributed by atoms with E-state index in [0.29, 0.717) is 70.9 Å². The van der Waals surface area contributed by atoms with Crippen molar-refractivity contribution in [1.29, 1.82) is 0 Å². The molecule has 1 aromatic heterocycles. The van der Waals surface area contributed by atoms with Gasteiger partial charge in [0.25, 0.3) is 17.7 Å². The van der Waals surface area contributed by atoms with Gasteiger partial charge in [-0.1, -0.05) is 74.7 Å². The van der Waals surface area contributed by atoms with Gasteiger partial charge in [-0.2, -0.15) is 5.10 Å². The van der Waals surface area contributed by atoms with Gasteiger partial charge in [-0.05, 0) is 98.0 Å². The molecule has 5 aromatic rings. The standard InChI is InChI=1S/C43H46ClN5O5/c1-4-6-22-47(23-7-5-2)43(53)38-24-29(3)49(46-38)39-21-18-33(26-36(39)42(52)48-27-32-13-9-8-12-31(32)25-34(48)28-50)45-41(51)30-16-19-35(20-17-30)54-40-15-11-10-14-37(40)44/h8-21,24,26,34,50H,4-7,22-23,25,27-28H2,1-3H3,(H,45,51)/t34-/m0/s1. The van der Waals surface area contributed by atoms with Crippen LogP contribution in [0.2, 0.25) is 5.02 Å². The maximum Gasteiger partial charge on any atom is 0.274 e. The normalized spacial score (nSPS) is 13.6. The molecular formula is C43H46ClN5O5. The average Bonchev–Trinajstić information content (AvgIpc) is 3.59. The number of rotatable bonds is 14. The van der Waals surface area contributed by atoms with E-state index < -0.39 is 6.04 Å². The number of nitrogens with zero attached hydrogens (tertiary/aromatic N) is 4. The third-order valence-corrected chi connectivity index (χ3v) is 9.99. The lowest BCUT2D eigenvalue weighted by molar-refractivity contribution is 0.0544. The van der Waals surface area contributed by atoms with Gasteiger partial charge >= 0.3 is 0 Å². The van der Waals surface area contributed by atoms with Crippen LogP contribution in [-0.4, -0.2) is 68.1 Å². The lowest BCUT2D eigenvalue weighted by Gasteiger charge is -2.36. The first-order chi connectivity index (χ1) is 26.2. The van der Waals surface area contributed by atoms with Crippen molar-refractivity contribution >= 4 is 35.0 Å². The first-order valence-corrected chi connectivity index (χ1v) is 18.9. The Morgan fingerprint density at radius 1 is 0.907 bits per heavy atom. The summed E-state index contributed by atoms with van der Waals surface area (Å²) in [6.07, 6.45) is 4.23. The van der Waals surface area contributed by atoms with Crippen molar-refractivity contribution in [3.63, 3.8) is 0 Å². The molecule has 0 aliphatic carbocycles. The molecule has 54 heavy (non-hydrogen) atoms. The van der Waals surface area contributed by atoms with Gasteiger partial charge in [0, 0.05) is 36.6 Å². The largest absolute Gasteiger partial charge is 0.456 e. The fourth-order valence-corrected chi connectivity index (χ4v) is 6.82. The fraction of sp³-hybridized carbons (Fsp3) is 0.302. The number of aryl methyl sites for hydroxylation is 1. The molecule has 0 bridgehead atoms. The molecule has 10 nitrogen and oxygen atoms in total. The SMILES string of the molecule is CCCCN(CCCC)C(=O)c1cc(C)n(-c2ccc(NC(=O)c3ccc(Oc4ccccc4Cl)cc3)cc2C(=O)N2Cc3ccccc3C[C@H]2CO)n1. The zero-order chi connectivity index (χ0) is 38.2. The number of amides is 3. The van der Waals surface area contributed by atoms with Crippen molar-refractivity contribution in [2.75, 3.05) is 25.0 Å². The molecule has 11 heteroatoms. The number of benzene rings is 4. The van der Waals surface area contributed by atoms with Crippen LogP contribution in [0.4, 0.5) is 5.69 Å². The van der Waals surface area contributed by atoms with Crippen LogP contribution in [0.1, 0.15) is 87.6 Å². The van der Waals surface area contributed by atoms with Crippen molar-refractivity contribution < 1.29 is 24.2 Å². The number of carbonyl (C=O) groups is 3. The first-order valence-electron chi connectivity index (χ1n) is 18.5. The molecule has 1 aliphatic heterocycles. The first kappa shape index (κ1) is 38.3. The number of carbonyl (C=O) groups excluding carboxylic acids is 3. The van der Waals surface area contributed by atoms with E-state index in [1.165, 1.54) is 0 Å². The van der Waals surface area contributed by atoms with E-state index in [-0.39, 0.29) is 29.9 Å². The zero-order valence-corrected chi connectivity index (χ0v) is 31.7. The minimum atomic E-state index is -0.452. The second-order valence-electron chi connectivity index (χ2n) is 13.6. The number of aromatic nitrogens is 2. The molecular weight excluding hydrogens is 702 g/mol. The molecule has 0 saturated carbocycles. The molecule has 2 N–H and O–H groups in total. The summed E-state index contributed by atoms with van der Waals surface area (Å²) in [7, 11) is 0. The smallest absolute Gasteiger partial charge is 0.274 e. The van der Waals surface area contributed by atoms with Crippen molar-refractivity contribution in [2.24, 2.45) is 0 Å². The van der Waals surface area contributed by atoms with Gasteiger partial charge < -0.3 is 25.0 Å².